The molecule has 0 radical (unpaired) electrons. The maximum absolute atomic E-state index is 13.8. The van der Waals surface area contributed by atoms with Crippen LogP contribution in [0.2, 0.25) is 0 Å². The molecule has 0 spiro atoms. The van der Waals surface area contributed by atoms with Crippen LogP contribution in [0.4, 0.5) is 13.6 Å². The molecular weight excluding hydrogens is 358 g/mol. The number of pyridine rings is 1. The lowest BCUT2D eigenvalue weighted by molar-refractivity contribution is 0.144. The van der Waals surface area contributed by atoms with Crippen LogP contribution in [0.3, 0.4) is 0 Å². The van der Waals surface area contributed by atoms with Crippen molar-refractivity contribution < 1.29 is 23.4 Å². The van der Waals surface area contributed by atoms with Gasteiger partial charge in [-0.15, -0.1) is 0 Å². The lowest BCUT2D eigenvalue weighted by atomic mass is 10.1. The number of ether oxygens (including phenoxy) is 1. The van der Waals surface area contributed by atoms with E-state index in [4.69, 9.17) is 5.11 Å². The first-order valence-electron chi connectivity index (χ1n) is 7.95. The normalized spacial score (nSPS) is 11.1. The van der Waals surface area contributed by atoms with E-state index in [-0.39, 0.29) is 10.9 Å². The minimum atomic E-state index is -1.68. The van der Waals surface area contributed by atoms with E-state index in [1.165, 1.54) is 4.57 Å². The highest BCUT2D eigenvalue weighted by atomic mass is 19.2. The molecule has 3 rings (SSSR count). The Labute approximate surface area is 152 Å². The monoisotopic (exact) mass is 374 g/mol. The third-order valence-corrected chi connectivity index (χ3v) is 3.92. The van der Waals surface area contributed by atoms with Crippen molar-refractivity contribution in [1.29, 1.82) is 0 Å². The van der Waals surface area contributed by atoms with E-state index in [9.17, 15) is 18.4 Å². The molecule has 0 saturated heterocycles. The molecule has 2 aromatic carbocycles. The fourth-order valence-electron chi connectivity index (χ4n) is 2.80. The van der Waals surface area contributed by atoms with Crippen molar-refractivity contribution in [2.75, 3.05) is 14.1 Å². The molecule has 0 aliphatic carbocycles. The highest BCUT2D eigenvalue weighted by Crippen LogP contribution is 2.23. The number of halogens is 2. The predicted octanol–water partition coefficient (Wildman–Crippen LogP) is 3.39. The second-order valence-electron chi connectivity index (χ2n) is 6.25. The highest BCUT2D eigenvalue weighted by Gasteiger charge is 2.17. The number of carboxylic acid groups (broad SMARTS) is 1. The molecule has 0 fully saturated rings. The third-order valence-electron chi connectivity index (χ3n) is 3.92. The van der Waals surface area contributed by atoms with Crippen LogP contribution in [0.25, 0.3) is 16.6 Å². The molecular formula is C19H16F2N2O4. The van der Waals surface area contributed by atoms with Gasteiger partial charge in [-0.2, -0.15) is 0 Å². The molecule has 3 aromatic rings. The second-order valence-corrected chi connectivity index (χ2v) is 6.25. The number of carbonyl (C=O) groups is 1. The van der Waals surface area contributed by atoms with Crippen LogP contribution in [0, 0.1) is 11.6 Å². The van der Waals surface area contributed by atoms with Crippen LogP contribution >= 0.6 is 0 Å². The quantitative estimate of drug-likeness (QED) is 0.709. The van der Waals surface area contributed by atoms with E-state index in [0.29, 0.717) is 12.2 Å². The van der Waals surface area contributed by atoms with Gasteiger partial charge in [0.15, 0.2) is 17.4 Å². The molecule has 140 valence electrons. The van der Waals surface area contributed by atoms with Crippen LogP contribution in [0.15, 0.2) is 47.4 Å². The Kier molecular flexibility index (Phi) is 4.91. The van der Waals surface area contributed by atoms with Gasteiger partial charge in [0.1, 0.15) is 0 Å². The van der Waals surface area contributed by atoms with E-state index < -0.39 is 29.0 Å². The van der Waals surface area contributed by atoms with Crippen LogP contribution in [0.1, 0.15) is 5.56 Å². The second kappa shape index (κ2) is 7.16. The largest absolute Gasteiger partial charge is 0.511 e. The smallest absolute Gasteiger partial charge is 0.449 e. The number of fused-ring (bicyclic) bond motifs is 1. The van der Waals surface area contributed by atoms with E-state index in [1.54, 1.807) is 12.1 Å². The van der Waals surface area contributed by atoms with Gasteiger partial charge in [-0.3, -0.25) is 4.79 Å². The molecule has 1 N–H and O–H groups in total. The van der Waals surface area contributed by atoms with Crippen LogP contribution in [-0.2, 0) is 6.54 Å². The van der Waals surface area contributed by atoms with Gasteiger partial charge in [-0.05, 0) is 37.9 Å². The number of hydrogen-bond donors (Lipinski definition) is 1. The summed E-state index contributed by atoms with van der Waals surface area (Å²) >= 11 is 0. The Morgan fingerprint density at radius 2 is 1.78 bits per heavy atom. The standard InChI is InChI=1S/C19H16F2N2O4/c1-22(2)9-11-3-5-12(6-4-11)23-10-17(27-19(25)26)18(24)13-7-14(20)15(21)8-16(13)23/h3-8,10H,9H2,1-2H3,(H,25,26). The van der Waals surface area contributed by atoms with Crippen molar-refractivity contribution >= 4 is 17.1 Å². The molecule has 0 bridgehead atoms. The Hall–Kier alpha value is -3.26. The predicted molar refractivity (Wildman–Crippen MR) is 95.5 cm³/mol. The first kappa shape index (κ1) is 18.5. The molecule has 0 atom stereocenters. The topological polar surface area (TPSA) is 71.8 Å². The molecule has 8 heteroatoms. The summed E-state index contributed by atoms with van der Waals surface area (Å²) in [5.74, 6) is -2.83. The van der Waals surface area contributed by atoms with Gasteiger partial charge in [0.25, 0.3) is 0 Å². The zero-order valence-corrected chi connectivity index (χ0v) is 14.6. The Bertz CT molecular complexity index is 1080. The first-order valence-corrected chi connectivity index (χ1v) is 7.95. The Morgan fingerprint density at radius 3 is 2.37 bits per heavy atom. The molecule has 0 amide bonds. The number of benzene rings is 2. The summed E-state index contributed by atoms with van der Waals surface area (Å²) in [7, 11) is 3.85. The van der Waals surface area contributed by atoms with Gasteiger partial charge in [0.2, 0.25) is 5.43 Å². The summed E-state index contributed by atoms with van der Waals surface area (Å²) in [6.07, 6.45) is -0.529. The first-order chi connectivity index (χ1) is 12.8. The van der Waals surface area contributed by atoms with Gasteiger partial charge in [-0.1, -0.05) is 12.1 Å². The number of nitrogens with zero attached hydrogens (tertiary/aromatic N) is 2. The number of rotatable bonds is 4. The fraction of sp³-hybridized carbons (Fsp3) is 0.158. The summed E-state index contributed by atoms with van der Waals surface area (Å²) < 4.78 is 33.3. The third kappa shape index (κ3) is 3.80. The van der Waals surface area contributed by atoms with E-state index in [2.05, 4.69) is 4.74 Å². The average Bonchev–Trinajstić information content (AvgIpc) is 2.59. The molecule has 1 heterocycles. The lowest BCUT2D eigenvalue weighted by Gasteiger charge is -2.15. The summed E-state index contributed by atoms with van der Waals surface area (Å²) in [6.45, 7) is 0.707. The minimum Gasteiger partial charge on any atom is -0.449 e. The van der Waals surface area contributed by atoms with Crippen molar-refractivity contribution in [3.8, 4) is 11.4 Å². The molecule has 0 saturated carbocycles. The van der Waals surface area contributed by atoms with Crippen molar-refractivity contribution in [2.45, 2.75) is 6.54 Å². The molecule has 0 aliphatic rings. The lowest BCUT2D eigenvalue weighted by Crippen LogP contribution is -2.16. The zero-order chi connectivity index (χ0) is 19.7. The highest BCUT2D eigenvalue weighted by molar-refractivity contribution is 5.82. The van der Waals surface area contributed by atoms with Gasteiger partial charge in [0.05, 0.1) is 17.1 Å². The van der Waals surface area contributed by atoms with E-state index >= 15 is 0 Å². The summed E-state index contributed by atoms with van der Waals surface area (Å²) in [5.41, 5.74) is 0.806. The average molecular weight is 374 g/mol. The Morgan fingerprint density at radius 1 is 1.15 bits per heavy atom. The van der Waals surface area contributed by atoms with Crippen molar-refractivity contribution in [3.05, 3.63) is 70.0 Å². The van der Waals surface area contributed by atoms with Crippen molar-refractivity contribution in [1.82, 2.24) is 9.47 Å². The number of aromatic nitrogens is 1. The van der Waals surface area contributed by atoms with Gasteiger partial charge in [-0.25, -0.2) is 13.6 Å². The summed E-state index contributed by atoms with van der Waals surface area (Å²) in [6, 6.07) is 8.78. The van der Waals surface area contributed by atoms with Crippen LogP contribution in [0.5, 0.6) is 5.75 Å². The van der Waals surface area contributed by atoms with Crippen molar-refractivity contribution in [2.24, 2.45) is 0 Å². The summed E-state index contributed by atoms with van der Waals surface area (Å²) in [5, 5.41) is 8.64. The zero-order valence-electron chi connectivity index (χ0n) is 14.6. The van der Waals surface area contributed by atoms with Crippen LogP contribution in [-0.4, -0.2) is 34.8 Å². The van der Waals surface area contributed by atoms with Gasteiger partial charge < -0.3 is 19.3 Å². The molecule has 0 unspecified atom stereocenters. The minimum absolute atomic E-state index is 0.0944. The maximum Gasteiger partial charge on any atom is 0.511 e. The van der Waals surface area contributed by atoms with E-state index in [1.807, 2.05) is 31.1 Å². The van der Waals surface area contributed by atoms with Gasteiger partial charge >= 0.3 is 6.16 Å². The van der Waals surface area contributed by atoms with Crippen LogP contribution < -0.4 is 10.2 Å². The molecule has 27 heavy (non-hydrogen) atoms. The fourth-order valence-corrected chi connectivity index (χ4v) is 2.80. The van der Waals surface area contributed by atoms with E-state index in [0.717, 1.165) is 23.9 Å². The van der Waals surface area contributed by atoms with Gasteiger partial charge in [0, 0.05) is 18.3 Å². The van der Waals surface area contributed by atoms with Crippen molar-refractivity contribution in [3.63, 3.8) is 0 Å². The summed E-state index contributed by atoms with van der Waals surface area (Å²) in [4.78, 5) is 25.2. The number of hydrogen-bond acceptors (Lipinski definition) is 4. The Balaban J connectivity index is 2.24. The molecule has 1 aromatic heterocycles. The SMILES string of the molecule is CN(C)Cc1ccc(-n2cc(OC(=O)O)c(=O)c3cc(F)c(F)cc32)cc1. The molecule has 0 aliphatic heterocycles. The maximum atomic E-state index is 13.8. The molecule has 6 nitrogen and oxygen atoms in total.